The van der Waals surface area contributed by atoms with E-state index in [0.717, 1.165) is 0 Å². The summed E-state index contributed by atoms with van der Waals surface area (Å²) in [5.41, 5.74) is 0.891. The number of rotatable bonds is 9. The summed E-state index contributed by atoms with van der Waals surface area (Å²) in [6, 6.07) is 6.85. The molecule has 4 rings (SSSR count). The van der Waals surface area contributed by atoms with E-state index >= 15 is 0 Å². The number of halogens is 2. The molecule has 1 N–H and O–H groups in total. The summed E-state index contributed by atoms with van der Waals surface area (Å²) in [5.74, 6) is 0.218. The number of nitrogens with zero attached hydrogens (tertiary/aromatic N) is 7. The average Bonchev–Trinajstić information content (AvgIpc) is 3.22. The Morgan fingerprint density at radius 2 is 1.84 bits per heavy atom. The second-order valence-electron chi connectivity index (χ2n) is 7.13. The molecule has 0 aliphatic carbocycles. The lowest BCUT2D eigenvalue weighted by Crippen LogP contribution is -2.38. The van der Waals surface area contributed by atoms with E-state index in [2.05, 4.69) is 19.9 Å². The van der Waals surface area contributed by atoms with E-state index in [1.54, 1.807) is 36.3 Å². The molecule has 1 fully saturated rings. The van der Waals surface area contributed by atoms with Gasteiger partial charge in [-0.05, 0) is 12.1 Å². The average molecular weight is 449 g/mol. The first-order chi connectivity index (χ1) is 15.6. The van der Waals surface area contributed by atoms with Gasteiger partial charge in [0.25, 0.3) is 6.43 Å². The van der Waals surface area contributed by atoms with Crippen molar-refractivity contribution in [2.24, 2.45) is 0 Å². The zero-order chi connectivity index (χ0) is 22.5. The molecule has 3 heterocycles. The molecule has 0 unspecified atom stereocenters. The molecule has 0 saturated carbocycles. The number of aromatic nitrogens is 5. The minimum atomic E-state index is -2.82. The second kappa shape index (κ2) is 10.1. The van der Waals surface area contributed by atoms with Crippen molar-refractivity contribution in [3.63, 3.8) is 0 Å². The highest BCUT2D eigenvalue weighted by atomic mass is 19.3. The van der Waals surface area contributed by atoms with Gasteiger partial charge in [0.15, 0.2) is 5.82 Å². The predicted octanol–water partition coefficient (Wildman–Crippen LogP) is 1.43. The van der Waals surface area contributed by atoms with Crippen molar-refractivity contribution in [1.29, 1.82) is 0 Å². The Bertz CT molecular complexity index is 1040. The fourth-order valence-electron chi connectivity index (χ4n) is 3.52. The number of hydrogen-bond donors (Lipinski definition) is 1. The molecule has 1 aliphatic rings. The number of aliphatic hydroxyl groups excluding tert-OH is 1. The maximum absolute atomic E-state index is 13.9. The zero-order valence-electron chi connectivity index (χ0n) is 17.7. The van der Waals surface area contributed by atoms with Gasteiger partial charge in [-0.25, -0.2) is 13.8 Å². The Morgan fingerprint density at radius 1 is 1.09 bits per heavy atom. The number of ether oxygens (including phenoxy) is 2. The molecule has 0 radical (unpaired) electrons. The van der Waals surface area contributed by atoms with Gasteiger partial charge < -0.3 is 24.4 Å². The number of benzene rings is 1. The molecule has 12 heteroatoms. The summed E-state index contributed by atoms with van der Waals surface area (Å²) >= 11 is 0. The van der Waals surface area contributed by atoms with Crippen LogP contribution in [0.4, 0.5) is 20.7 Å². The van der Waals surface area contributed by atoms with Crippen molar-refractivity contribution in [2.45, 2.75) is 6.43 Å². The molecule has 2 aromatic heterocycles. The minimum absolute atomic E-state index is 0.0425. The van der Waals surface area contributed by atoms with E-state index in [1.807, 2.05) is 4.90 Å². The highest BCUT2D eigenvalue weighted by molar-refractivity contribution is 5.77. The number of methoxy groups -OCH3 is 1. The van der Waals surface area contributed by atoms with Gasteiger partial charge in [0.1, 0.15) is 0 Å². The van der Waals surface area contributed by atoms with Gasteiger partial charge in [-0.15, -0.1) is 0 Å². The van der Waals surface area contributed by atoms with Crippen LogP contribution in [0.3, 0.4) is 0 Å². The Hall–Kier alpha value is -2.96. The molecule has 0 amide bonds. The van der Waals surface area contributed by atoms with Gasteiger partial charge >= 0.3 is 0 Å². The van der Waals surface area contributed by atoms with Gasteiger partial charge in [-0.2, -0.15) is 15.0 Å². The maximum Gasteiger partial charge on any atom is 0.296 e. The Kier molecular flexibility index (Phi) is 7.02. The SMILES string of the molecule is COCCN(CCO)c1nc(N2CCOCC2)nc(-n2c(C(F)F)nc3ccccc32)n1. The van der Waals surface area contributed by atoms with Crippen LogP contribution in [0.2, 0.25) is 0 Å². The number of alkyl halides is 2. The van der Waals surface area contributed by atoms with Gasteiger partial charge in [0.2, 0.25) is 17.8 Å². The number of anilines is 2. The molecule has 0 atom stereocenters. The van der Waals surface area contributed by atoms with Crippen LogP contribution < -0.4 is 9.80 Å². The highest BCUT2D eigenvalue weighted by Crippen LogP contribution is 2.28. The summed E-state index contributed by atoms with van der Waals surface area (Å²) in [7, 11) is 1.57. The van der Waals surface area contributed by atoms with E-state index in [4.69, 9.17) is 9.47 Å². The van der Waals surface area contributed by atoms with Crippen molar-refractivity contribution in [1.82, 2.24) is 24.5 Å². The molecule has 0 bridgehead atoms. The Morgan fingerprint density at radius 3 is 2.56 bits per heavy atom. The summed E-state index contributed by atoms with van der Waals surface area (Å²) in [4.78, 5) is 21.4. The largest absolute Gasteiger partial charge is 0.395 e. The lowest BCUT2D eigenvalue weighted by molar-refractivity contribution is 0.122. The normalized spacial score (nSPS) is 14.5. The molecule has 0 spiro atoms. The minimum Gasteiger partial charge on any atom is -0.395 e. The molecule has 1 saturated heterocycles. The van der Waals surface area contributed by atoms with Crippen LogP contribution in [-0.4, -0.2) is 89.3 Å². The van der Waals surface area contributed by atoms with Crippen LogP contribution in [0.1, 0.15) is 12.2 Å². The van der Waals surface area contributed by atoms with Crippen LogP contribution in [0.5, 0.6) is 0 Å². The lowest BCUT2D eigenvalue weighted by atomic mass is 10.3. The van der Waals surface area contributed by atoms with Gasteiger partial charge in [0.05, 0.1) is 37.5 Å². The number of hydrogen-bond acceptors (Lipinski definition) is 9. The van der Waals surface area contributed by atoms with Gasteiger partial charge in [0, 0.05) is 33.3 Å². The van der Waals surface area contributed by atoms with E-state index in [9.17, 15) is 13.9 Å². The van der Waals surface area contributed by atoms with Crippen molar-refractivity contribution in [2.75, 3.05) is 69.5 Å². The Labute approximate surface area is 183 Å². The van der Waals surface area contributed by atoms with Crippen LogP contribution in [-0.2, 0) is 9.47 Å². The second-order valence-corrected chi connectivity index (χ2v) is 7.13. The van der Waals surface area contributed by atoms with Crippen molar-refractivity contribution in [3.05, 3.63) is 30.1 Å². The molecule has 172 valence electrons. The molecule has 10 nitrogen and oxygen atoms in total. The van der Waals surface area contributed by atoms with Crippen LogP contribution in [0.25, 0.3) is 17.0 Å². The Balaban J connectivity index is 1.88. The third-order valence-corrected chi connectivity index (χ3v) is 5.09. The number of morpholine rings is 1. The molecule has 1 aromatic carbocycles. The van der Waals surface area contributed by atoms with Gasteiger partial charge in [-0.3, -0.25) is 4.57 Å². The highest BCUT2D eigenvalue weighted by Gasteiger charge is 2.25. The monoisotopic (exact) mass is 449 g/mol. The standard InChI is InChI=1S/C20H25F2N7O3/c1-31-11-7-27(6-10-30)18-24-19(28-8-12-32-13-9-28)26-20(25-18)29-15-5-3-2-4-14(15)23-17(29)16(21)22/h2-5,16,30H,6-13H2,1H3. The van der Waals surface area contributed by atoms with Crippen LogP contribution >= 0.6 is 0 Å². The number of aliphatic hydroxyl groups is 1. The fraction of sp³-hybridized carbons (Fsp3) is 0.500. The fourth-order valence-corrected chi connectivity index (χ4v) is 3.52. The van der Waals surface area contributed by atoms with Crippen molar-refractivity contribution in [3.8, 4) is 5.95 Å². The predicted molar refractivity (Wildman–Crippen MR) is 114 cm³/mol. The van der Waals surface area contributed by atoms with Gasteiger partial charge in [-0.1, -0.05) is 12.1 Å². The third kappa shape index (κ3) is 4.61. The summed E-state index contributed by atoms with van der Waals surface area (Å²) in [6.07, 6.45) is -2.82. The first kappa shape index (κ1) is 22.2. The zero-order valence-corrected chi connectivity index (χ0v) is 17.7. The first-order valence-corrected chi connectivity index (χ1v) is 10.3. The summed E-state index contributed by atoms with van der Waals surface area (Å²) < 4.78 is 39.7. The lowest BCUT2D eigenvalue weighted by Gasteiger charge is -2.28. The van der Waals surface area contributed by atoms with E-state index in [0.29, 0.717) is 56.4 Å². The van der Waals surface area contributed by atoms with Crippen molar-refractivity contribution < 1.29 is 23.4 Å². The quantitative estimate of drug-likeness (QED) is 0.520. The molecule has 1 aliphatic heterocycles. The van der Waals surface area contributed by atoms with E-state index in [1.165, 1.54) is 4.57 Å². The number of para-hydroxylation sites is 2. The summed E-state index contributed by atoms with van der Waals surface area (Å²) in [6.45, 7) is 3.06. The van der Waals surface area contributed by atoms with E-state index < -0.39 is 12.2 Å². The third-order valence-electron chi connectivity index (χ3n) is 5.09. The van der Waals surface area contributed by atoms with Crippen LogP contribution in [0.15, 0.2) is 24.3 Å². The first-order valence-electron chi connectivity index (χ1n) is 10.3. The number of imidazole rings is 1. The topological polar surface area (TPSA) is 102 Å². The molecular formula is C20H25F2N7O3. The maximum atomic E-state index is 13.9. The molecular weight excluding hydrogens is 424 g/mol. The summed E-state index contributed by atoms with van der Waals surface area (Å²) in [5, 5.41) is 9.53. The molecule has 3 aromatic rings. The number of fused-ring (bicyclic) bond motifs is 1. The smallest absolute Gasteiger partial charge is 0.296 e. The van der Waals surface area contributed by atoms with Crippen molar-refractivity contribution >= 4 is 22.9 Å². The van der Waals surface area contributed by atoms with E-state index in [-0.39, 0.29) is 25.0 Å². The molecule has 32 heavy (non-hydrogen) atoms. The van der Waals surface area contributed by atoms with Crippen LogP contribution in [0, 0.1) is 0 Å².